The summed E-state index contributed by atoms with van der Waals surface area (Å²) in [6.07, 6.45) is -7.46. The molecule has 1 aromatic rings. The highest BCUT2D eigenvalue weighted by molar-refractivity contribution is 6.00. The molecule has 15 amide bonds. The minimum absolute atomic E-state index is 0.0125. The molecule has 0 saturated heterocycles. The summed E-state index contributed by atoms with van der Waals surface area (Å²) in [6, 6.07) is -15.3. The van der Waals surface area contributed by atoms with E-state index in [-0.39, 0.29) is 88.5 Å². The molecule has 0 unspecified atom stereocenters. The molecular formula is C73H124N18O22. The number of carboxylic acid groups (broad SMARTS) is 2. The fourth-order valence-electron chi connectivity index (χ4n) is 11.5. The van der Waals surface area contributed by atoms with Crippen molar-refractivity contribution in [3.8, 4) is 5.75 Å². The van der Waals surface area contributed by atoms with Crippen LogP contribution in [-0.4, -0.2) is 230 Å². The third-order valence-electron chi connectivity index (χ3n) is 17.6. The minimum Gasteiger partial charge on any atom is -0.508 e. The maximum atomic E-state index is 14.6. The summed E-state index contributed by atoms with van der Waals surface area (Å²) in [5.74, 6) is -19.7. The van der Waals surface area contributed by atoms with E-state index in [4.69, 9.17) is 34.4 Å². The molecule has 0 heterocycles. The van der Waals surface area contributed by atoms with Crippen LogP contribution in [0.3, 0.4) is 0 Å². The summed E-state index contributed by atoms with van der Waals surface area (Å²) >= 11 is 0. The lowest BCUT2D eigenvalue weighted by molar-refractivity contribution is -0.143. The maximum absolute atomic E-state index is 14.6. The van der Waals surface area contributed by atoms with E-state index in [1.54, 1.807) is 41.5 Å². The standard InChI is InChI=1S/C73H124N18O22/c1-36(2)31-44(76)61(100)86-54(35-42-17-19-43(94)20-18-42)69(108)83-47(22-26-56(78)96)64(103)81-49(24-28-58(98)99)65(104)87-51(32-37(3)4)67(106)82-46(21-25-55(77)95)63(102)80-45(15-11-13-29-74)62(101)88-53(34-39(7)8)70(109)91-59(40(9)92)71(110)84-48(23-27-57(79)97)66(105)90-60(41(10)93)72(111)89-52(33-38(5)6)68(107)85-50(73(112)113)16-12-14-30-75/h17-20,36-41,44-54,59-60,92-94H,11-16,21-35,74-76H2,1-10H3,(H2,77,95)(H2,78,96)(H2,79,97)(H,80,102)(H,81,103)(H,82,106)(H,83,108)(H,84,110)(H,85,107)(H,86,100)(H,87,104)(H,88,101)(H,89,111)(H,90,105)(H,91,109)(H,98,99)(H,112,113)/t40-,41-,44+,45+,46+,47+,48+,49+,50+,51+,52+,53+,54+,59+,60+/m1/s1. The lowest BCUT2D eigenvalue weighted by atomic mass is 10.00. The Morgan fingerprint density at radius 2 is 0.593 bits per heavy atom. The molecule has 0 bridgehead atoms. The lowest BCUT2D eigenvalue weighted by Crippen LogP contribution is -2.63. The molecule has 1 aromatic carbocycles. The number of amides is 15. The van der Waals surface area contributed by atoms with Crippen molar-refractivity contribution in [2.45, 2.75) is 282 Å². The zero-order chi connectivity index (χ0) is 86.1. The number of aliphatic carboxylic acids is 2. The van der Waals surface area contributed by atoms with Gasteiger partial charge in [-0.1, -0.05) is 67.5 Å². The van der Waals surface area contributed by atoms with Gasteiger partial charge < -0.3 is 124 Å². The number of aliphatic hydroxyl groups is 2. The van der Waals surface area contributed by atoms with Crippen LogP contribution >= 0.6 is 0 Å². The molecule has 113 heavy (non-hydrogen) atoms. The van der Waals surface area contributed by atoms with Gasteiger partial charge in [0.1, 0.15) is 78.3 Å². The highest BCUT2D eigenvalue weighted by Crippen LogP contribution is 2.17. The van der Waals surface area contributed by atoms with Gasteiger partial charge in [-0.2, -0.15) is 0 Å². The summed E-state index contributed by atoms with van der Waals surface area (Å²) in [5, 5.41) is 80.7. The molecule has 29 N–H and O–H groups in total. The predicted molar refractivity (Wildman–Crippen MR) is 410 cm³/mol. The Bertz CT molecular complexity index is 3340. The van der Waals surface area contributed by atoms with Crippen molar-refractivity contribution in [1.29, 1.82) is 0 Å². The van der Waals surface area contributed by atoms with Crippen molar-refractivity contribution >= 4 is 101 Å². The Hall–Kier alpha value is -10.2. The number of carboxylic acids is 2. The molecule has 0 fully saturated rings. The first kappa shape index (κ1) is 101. The number of rotatable bonds is 57. The third-order valence-corrected chi connectivity index (χ3v) is 17.6. The molecule has 0 aromatic heterocycles. The first-order chi connectivity index (χ1) is 52.8. The van der Waals surface area contributed by atoms with Gasteiger partial charge in [-0.3, -0.25) is 76.7 Å². The molecule has 40 heteroatoms. The number of benzene rings is 1. The second-order valence-electron chi connectivity index (χ2n) is 29.9. The molecule has 0 spiro atoms. The number of carbonyl (C=O) groups is 17. The van der Waals surface area contributed by atoms with Crippen LogP contribution in [-0.2, 0) is 87.9 Å². The van der Waals surface area contributed by atoms with Gasteiger partial charge in [0.2, 0.25) is 88.6 Å². The lowest BCUT2D eigenvalue weighted by Gasteiger charge is -2.30. The maximum Gasteiger partial charge on any atom is 0.326 e. The fourth-order valence-corrected chi connectivity index (χ4v) is 11.5. The number of hydrogen-bond donors (Lipinski definition) is 23. The van der Waals surface area contributed by atoms with Crippen molar-refractivity contribution in [3.05, 3.63) is 29.8 Å². The van der Waals surface area contributed by atoms with Crippen molar-refractivity contribution in [1.82, 2.24) is 63.8 Å². The van der Waals surface area contributed by atoms with Crippen molar-refractivity contribution < 1.29 is 107 Å². The van der Waals surface area contributed by atoms with Crippen molar-refractivity contribution in [2.24, 2.45) is 58.1 Å². The zero-order valence-electron chi connectivity index (χ0n) is 66.3. The first-order valence-corrected chi connectivity index (χ1v) is 38.0. The van der Waals surface area contributed by atoms with Crippen LogP contribution in [0.1, 0.15) is 190 Å². The normalized spacial score (nSPS) is 15.3. The monoisotopic (exact) mass is 1600 g/mol. The number of aliphatic hydroxyl groups excluding tert-OH is 2. The molecule has 0 aliphatic heterocycles. The quantitative estimate of drug-likeness (QED) is 0.0272. The molecule has 15 atom stereocenters. The van der Waals surface area contributed by atoms with E-state index in [1.165, 1.54) is 24.3 Å². The van der Waals surface area contributed by atoms with Gasteiger partial charge in [-0.15, -0.1) is 0 Å². The average molecular weight is 1610 g/mol. The van der Waals surface area contributed by atoms with Gasteiger partial charge in [0.25, 0.3) is 0 Å². The Labute approximate surface area is 657 Å². The van der Waals surface area contributed by atoms with Gasteiger partial charge in [0.05, 0.1) is 18.2 Å². The Morgan fingerprint density at radius 1 is 0.327 bits per heavy atom. The Balaban J connectivity index is 3.74. The number of nitrogens with one attached hydrogen (secondary N) is 12. The van der Waals surface area contributed by atoms with Gasteiger partial charge in [0, 0.05) is 32.1 Å². The second-order valence-corrected chi connectivity index (χ2v) is 29.9. The number of phenolic OH excluding ortho intramolecular Hbond substituents is 1. The van der Waals surface area contributed by atoms with E-state index in [1.807, 2.05) is 13.8 Å². The molecule has 0 saturated carbocycles. The van der Waals surface area contributed by atoms with Crippen LogP contribution in [0.25, 0.3) is 0 Å². The molecule has 0 aliphatic rings. The van der Waals surface area contributed by atoms with Gasteiger partial charge in [-0.05, 0) is 158 Å². The van der Waals surface area contributed by atoms with Crippen LogP contribution in [0.15, 0.2) is 24.3 Å². The van der Waals surface area contributed by atoms with Gasteiger partial charge >= 0.3 is 11.9 Å². The largest absolute Gasteiger partial charge is 0.508 e. The van der Waals surface area contributed by atoms with Crippen LogP contribution < -0.4 is 98.2 Å². The number of carbonyl (C=O) groups excluding carboxylic acids is 15. The predicted octanol–water partition coefficient (Wildman–Crippen LogP) is -4.97. The summed E-state index contributed by atoms with van der Waals surface area (Å²) in [5.41, 5.74) is 34.3. The molecule has 638 valence electrons. The van der Waals surface area contributed by atoms with E-state index in [0.717, 1.165) is 13.8 Å². The minimum atomic E-state index is -1.96. The van der Waals surface area contributed by atoms with E-state index in [0.29, 0.717) is 18.4 Å². The zero-order valence-corrected chi connectivity index (χ0v) is 66.3. The van der Waals surface area contributed by atoms with E-state index in [2.05, 4.69) is 63.8 Å². The smallest absolute Gasteiger partial charge is 0.326 e. The number of phenols is 1. The molecular weight excluding hydrogens is 1480 g/mol. The Morgan fingerprint density at radius 3 is 0.912 bits per heavy atom. The topological polar surface area (TPSA) is 692 Å². The SMILES string of the molecule is CC(C)C[C@H](NC(=O)[C@H](CCC(=O)O)NC(=O)[C@H](CCC(N)=O)NC(=O)[C@H](Cc1ccc(O)cc1)NC(=O)[C@@H](N)CC(C)C)C(=O)N[C@@H](CCC(N)=O)C(=O)N[C@@H](CCCCN)C(=O)N[C@@H](CC(C)C)C(=O)N[C@H](C(=O)N[C@@H](CCC(N)=O)C(=O)N[C@H](C(=O)N[C@@H](CC(C)C)C(=O)N[C@@H](CCCCN)C(=O)O)[C@@H](C)O)[C@@H](C)O. The van der Waals surface area contributed by atoms with Crippen LogP contribution in [0.4, 0.5) is 0 Å². The average Bonchev–Trinajstić information content (AvgIpc) is 0.854. The highest BCUT2D eigenvalue weighted by atomic mass is 16.4. The molecule has 0 radical (unpaired) electrons. The van der Waals surface area contributed by atoms with E-state index < -0.39 is 255 Å². The second kappa shape index (κ2) is 52.2. The Kier molecular flexibility index (Phi) is 46.6. The van der Waals surface area contributed by atoms with Gasteiger partial charge in [0.15, 0.2) is 0 Å². The summed E-state index contributed by atoms with van der Waals surface area (Å²) in [6.45, 7) is 16.2. The number of nitrogens with two attached hydrogens (primary N) is 6. The summed E-state index contributed by atoms with van der Waals surface area (Å²) in [4.78, 5) is 231. The molecule has 40 nitrogen and oxygen atoms in total. The van der Waals surface area contributed by atoms with E-state index in [9.17, 15) is 107 Å². The number of unbranched alkanes of at least 4 members (excludes halogenated alkanes) is 2. The van der Waals surface area contributed by atoms with Crippen LogP contribution in [0.2, 0.25) is 0 Å². The summed E-state index contributed by atoms with van der Waals surface area (Å²) in [7, 11) is 0. The summed E-state index contributed by atoms with van der Waals surface area (Å²) < 4.78 is 0. The fraction of sp³-hybridized carbons (Fsp3) is 0.685. The number of aromatic hydroxyl groups is 1. The number of hydrogen-bond acceptors (Lipinski definition) is 23. The van der Waals surface area contributed by atoms with Crippen LogP contribution in [0.5, 0.6) is 5.75 Å². The molecule has 1 rings (SSSR count). The highest BCUT2D eigenvalue weighted by Gasteiger charge is 2.40. The number of primary amides is 3. The van der Waals surface area contributed by atoms with E-state index >= 15 is 0 Å². The van der Waals surface area contributed by atoms with Gasteiger partial charge in [-0.25, -0.2) is 4.79 Å². The van der Waals surface area contributed by atoms with Crippen molar-refractivity contribution in [2.75, 3.05) is 13.1 Å². The van der Waals surface area contributed by atoms with Crippen molar-refractivity contribution in [3.63, 3.8) is 0 Å². The first-order valence-electron chi connectivity index (χ1n) is 38.0. The molecule has 0 aliphatic carbocycles. The third kappa shape index (κ3) is 40.7. The van der Waals surface area contributed by atoms with Crippen LogP contribution in [0, 0.1) is 23.7 Å².